The summed E-state index contributed by atoms with van der Waals surface area (Å²) in [6, 6.07) is 11.0. The zero-order valence-electron chi connectivity index (χ0n) is 18.2. The van der Waals surface area contributed by atoms with Crippen LogP contribution in [0.3, 0.4) is 0 Å². The number of hydrogen-bond donors (Lipinski definition) is 0. The van der Waals surface area contributed by atoms with E-state index >= 15 is 0 Å². The number of hydrogen-bond acceptors (Lipinski definition) is 4. The number of amides is 1. The van der Waals surface area contributed by atoms with Gasteiger partial charge in [-0.1, -0.05) is 35.3 Å². The third kappa shape index (κ3) is 4.81. The molecular weight excluding hydrogens is 437 g/mol. The lowest BCUT2D eigenvalue weighted by Gasteiger charge is -2.20. The maximum atomic E-state index is 13.0. The van der Waals surface area contributed by atoms with Gasteiger partial charge in [0.2, 0.25) is 5.91 Å². The Balaban J connectivity index is 1.81. The fourth-order valence-corrected chi connectivity index (χ4v) is 3.80. The second-order valence-electron chi connectivity index (χ2n) is 7.24. The first-order chi connectivity index (χ1) is 14.8. The number of para-hydroxylation sites is 1. The summed E-state index contributed by atoms with van der Waals surface area (Å²) in [7, 11) is 4.95. The predicted octanol–water partition coefficient (Wildman–Crippen LogP) is 5.01. The van der Waals surface area contributed by atoms with Crippen LogP contribution in [0.1, 0.15) is 22.5 Å². The molecule has 6 nitrogen and oxygen atoms in total. The Morgan fingerprint density at radius 2 is 1.84 bits per heavy atom. The summed E-state index contributed by atoms with van der Waals surface area (Å²) in [5.74, 6) is 1.24. The fourth-order valence-electron chi connectivity index (χ4n) is 3.51. The Hall–Kier alpha value is -2.70. The molecule has 0 fully saturated rings. The first-order valence-corrected chi connectivity index (χ1v) is 10.5. The highest BCUT2D eigenvalue weighted by molar-refractivity contribution is 6.42. The van der Waals surface area contributed by atoms with Crippen molar-refractivity contribution in [2.24, 2.45) is 0 Å². The first kappa shape index (κ1) is 23.0. The van der Waals surface area contributed by atoms with Crippen molar-refractivity contribution in [3.05, 3.63) is 69.0 Å². The molecule has 0 N–H and O–H groups in total. The number of aryl methyl sites for hydroxylation is 1. The lowest BCUT2D eigenvalue weighted by molar-refractivity contribution is -0.129. The van der Waals surface area contributed by atoms with E-state index in [0.717, 1.165) is 28.2 Å². The normalized spacial score (nSPS) is 10.8. The van der Waals surface area contributed by atoms with E-state index in [-0.39, 0.29) is 12.3 Å². The second kappa shape index (κ2) is 9.62. The smallest absolute Gasteiger partial charge is 0.227 e. The fraction of sp³-hybridized carbons (Fsp3) is 0.304. The van der Waals surface area contributed by atoms with Crippen molar-refractivity contribution in [3.63, 3.8) is 0 Å². The highest BCUT2D eigenvalue weighted by Crippen LogP contribution is 2.31. The van der Waals surface area contributed by atoms with Gasteiger partial charge < -0.3 is 14.4 Å². The van der Waals surface area contributed by atoms with Gasteiger partial charge in [-0.05, 0) is 38.1 Å². The molecular formula is C23H25Cl2N3O3. The maximum Gasteiger partial charge on any atom is 0.227 e. The van der Waals surface area contributed by atoms with Gasteiger partial charge in [-0.25, -0.2) is 4.68 Å². The maximum absolute atomic E-state index is 13.0. The number of carbonyl (C=O) groups excluding carboxylic acids is 1. The molecule has 0 saturated heterocycles. The van der Waals surface area contributed by atoms with E-state index in [1.54, 1.807) is 43.0 Å². The minimum Gasteiger partial charge on any atom is -0.493 e. The number of aromatic nitrogens is 2. The summed E-state index contributed by atoms with van der Waals surface area (Å²) in [6.45, 7) is 4.24. The molecule has 0 spiro atoms. The average molecular weight is 462 g/mol. The number of halogens is 2. The van der Waals surface area contributed by atoms with Crippen molar-refractivity contribution < 1.29 is 14.3 Å². The molecule has 0 aliphatic carbocycles. The number of methoxy groups -OCH3 is 2. The molecule has 0 atom stereocenters. The van der Waals surface area contributed by atoms with Crippen LogP contribution in [0.25, 0.3) is 5.69 Å². The summed E-state index contributed by atoms with van der Waals surface area (Å²) in [5, 5.41) is 5.54. The molecule has 2 aromatic carbocycles. The number of ether oxygens (including phenoxy) is 2. The third-order valence-electron chi connectivity index (χ3n) is 5.23. The second-order valence-corrected chi connectivity index (χ2v) is 8.05. The molecule has 0 unspecified atom stereocenters. The van der Waals surface area contributed by atoms with Crippen molar-refractivity contribution in [2.45, 2.75) is 26.8 Å². The van der Waals surface area contributed by atoms with Crippen LogP contribution in [0.4, 0.5) is 0 Å². The molecule has 0 saturated carbocycles. The Kier molecular flexibility index (Phi) is 7.13. The van der Waals surface area contributed by atoms with Gasteiger partial charge in [-0.3, -0.25) is 4.79 Å². The van der Waals surface area contributed by atoms with Crippen LogP contribution in [0, 0.1) is 13.8 Å². The standard InChI is InChI=1S/C23H25Cl2N3O3/c1-14-18(15(2)28(26-14)17-9-10-19(24)20(25)11-17)12-22(29)27(3)13-16-7-6-8-21(30-4)23(16)31-5/h6-11H,12-13H2,1-5H3. The zero-order chi connectivity index (χ0) is 22.7. The summed E-state index contributed by atoms with van der Waals surface area (Å²) in [6.07, 6.45) is 0.238. The lowest BCUT2D eigenvalue weighted by atomic mass is 10.1. The molecule has 3 aromatic rings. The number of nitrogens with zero attached hydrogens (tertiary/aromatic N) is 3. The number of benzene rings is 2. The molecule has 31 heavy (non-hydrogen) atoms. The van der Waals surface area contributed by atoms with E-state index in [4.69, 9.17) is 32.7 Å². The van der Waals surface area contributed by atoms with Gasteiger partial charge in [0.1, 0.15) is 0 Å². The van der Waals surface area contributed by atoms with Gasteiger partial charge in [0.25, 0.3) is 0 Å². The van der Waals surface area contributed by atoms with E-state index in [9.17, 15) is 4.79 Å². The summed E-state index contributed by atoms with van der Waals surface area (Å²) in [5.41, 5.74) is 4.24. The van der Waals surface area contributed by atoms with Crippen molar-refractivity contribution in [1.82, 2.24) is 14.7 Å². The van der Waals surface area contributed by atoms with Crippen LogP contribution < -0.4 is 9.47 Å². The number of carbonyl (C=O) groups is 1. The van der Waals surface area contributed by atoms with Crippen LogP contribution >= 0.6 is 23.2 Å². The van der Waals surface area contributed by atoms with Crippen molar-refractivity contribution >= 4 is 29.1 Å². The van der Waals surface area contributed by atoms with Crippen LogP contribution in [0.5, 0.6) is 11.5 Å². The van der Waals surface area contributed by atoms with Gasteiger partial charge in [-0.2, -0.15) is 5.10 Å². The number of likely N-dealkylation sites (N-methyl/N-ethyl adjacent to an activating group) is 1. The molecule has 8 heteroatoms. The largest absolute Gasteiger partial charge is 0.493 e. The van der Waals surface area contributed by atoms with E-state index in [1.165, 1.54) is 0 Å². The van der Waals surface area contributed by atoms with Crippen LogP contribution in [-0.2, 0) is 17.8 Å². The molecule has 164 valence electrons. The van der Waals surface area contributed by atoms with E-state index < -0.39 is 0 Å². The molecule has 0 bridgehead atoms. The molecule has 0 radical (unpaired) electrons. The van der Waals surface area contributed by atoms with E-state index in [2.05, 4.69) is 5.10 Å². The molecule has 3 rings (SSSR count). The summed E-state index contributed by atoms with van der Waals surface area (Å²) < 4.78 is 12.6. The first-order valence-electron chi connectivity index (χ1n) is 9.71. The topological polar surface area (TPSA) is 56.6 Å². The molecule has 1 aromatic heterocycles. The Morgan fingerprint density at radius 1 is 1.10 bits per heavy atom. The predicted molar refractivity (Wildman–Crippen MR) is 123 cm³/mol. The van der Waals surface area contributed by atoms with Gasteiger partial charge in [0.15, 0.2) is 11.5 Å². The molecule has 0 aliphatic rings. The molecule has 0 aliphatic heterocycles. The minimum absolute atomic E-state index is 0.0234. The average Bonchev–Trinajstić information content (AvgIpc) is 3.03. The molecule has 1 heterocycles. The Labute approximate surface area is 192 Å². The van der Waals surface area contributed by atoms with Crippen molar-refractivity contribution in [1.29, 1.82) is 0 Å². The van der Waals surface area contributed by atoms with E-state index in [1.807, 2.05) is 38.1 Å². The third-order valence-corrected chi connectivity index (χ3v) is 5.97. The van der Waals surface area contributed by atoms with Crippen LogP contribution in [0.15, 0.2) is 36.4 Å². The monoisotopic (exact) mass is 461 g/mol. The SMILES string of the molecule is COc1cccc(CN(C)C(=O)Cc2c(C)nn(-c3ccc(Cl)c(Cl)c3)c2C)c1OC. The zero-order valence-corrected chi connectivity index (χ0v) is 19.7. The highest BCUT2D eigenvalue weighted by atomic mass is 35.5. The highest BCUT2D eigenvalue weighted by Gasteiger charge is 2.20. The van der Waals surface area contributed by atoms with E-state index in [0.29, 0.717) is 28.1 Å². The van der Waals surface area contributed by atoms with Gasteiger partial charge >= 0.3 is 0 Å². The Morgan fingerprint density at radius 3 is 2.48 bits per heavy atom. The minimum atomic E-state index is -0.0234. The van der Waals surface area contributed by atoms with Crippen LogP contribution in [0.2, 0.25) is 10.0 Å². The van der Waals surface area contributed by atoms with Crippen molar-refractivity contribution in [3.8, 4) is 17.2 Å². The summed E-state index contributed by atoms with van der Waals surface area (Å²) in [4.78, 5) is 14.7. The lowest BCUT2D eigenvalue weighted by Crippen LogP contribution is -2.28. The van der Waals surface area contributed by atoms with Crippen molar-refractivity contribution in [2.75, 3.05) is 21.3 Å². The van der Waals surface area contributed by atoms with Gasteiger partial charge in [0.05, 0.1) is 42.1 Å². The molecule has 1 amide bonds. The quantitative estimate of drug-likeness (QED) is 0.495. The number of rotatable bonds is 7. The Bertz CT molecular complexity index is 1110. The van der Waals surface area contributed by atoms with Gasteiger partial charge in [0, 0.05) is 30.4 Å². The summed E-state index contributed by atoms with van der Waals surface area (Å²) >= 11 is 12.2. The van der Waals surface area contributed by atoms with Crippen LogP contribution in [-0.4, -0.2) is 41.9 Å². The van der Waals surface area contributed by atoms with Gasteiger partial charge in [-0.15, -0.1) is 0 Å².